The highest BCUT2D eigenvalue weighted by molar-refractivity contribution is 7.89. The van der Waals surface area contributed by atoms with Crippen molar-refractivity contribution in [3.8, 4) is 0 Å². The van der Waals surface area contributed by atoms with Crippen LogP contribution in [0.2, 0.25) is 5.02 Å². The predicted octanol–water partition coefficient (Wildman–Crippen LogP) is 4.48. The van der Waals surface area contributed by atoms with E-state index in [4.69, 9.17) is 21.0 Å². The second kappa shape index (κ2) is 7.00. The molecular weight excluding hydrogens is 376 g/mol. The van der Waals surface area contributed by atoms with Crippen molar-refractivity contribution < 1.29 is 17.8 Å². The number of hydrogen-bond acceptors (Lipinski definition) is 5. The lowest BCUT2D eigenvalue weighted by atomic mass is 9.86. The van der Waals surface area contributed by atoms with E-state index in [1.54, 1.807) is 36.4 Å². The Morgan fingerprint density at radius 1 is 1.12 bits per heavy atom. The van der Waals surface area contributed by atoms with Crippen LogP contribution in [0.15, 0.2) is 57.9 Å². The summed E-state index contributed by atoms with van der Waals surface area (Å²) in [6.07, 6.45) is -0.720. The number of fused-ring (bicyclic) bond motifs is 1. The molecule has 8 heteroatoms. The van der Waals surface area contributed by atoms with Crippen molar-refractivity contribution in [1.82, 2.24) is 10.0 Å². The lowest BCUT2D eigenvalue weighted by molar-refractivity contribution is -0.0515. The third-order valence-electron chi connectivity index (χ3n) is 3.84. The Kier molecular flexibility index (Phi) is 5.07. The van der Waals surface area contributed by atoms with Crippen molar-refractivity contribution >= 4 is 32.6 Å². The molecule has 1 N–H and O–H groups in total. The van der Waals surface area contributed by atoms with E-state index in [0.717, 1.165) is 0 Å². The molecule has 6 nitrogen and oxygen atoms in total. The van der Waals surface area contributed by atoms with Crippen LogP contribution in [0.4, 0.5) is 0 Å². The van der Waals surface area contributed by atoms with Crippen molar-refractivity contribution in [2.75, 3.05) is 0 Å². The van der Waals surface area contributed by atoms with Gasteiger partial charge in [-0.25, -0.2) is 8.42 Å². The first-order chi connectivity index (χ1) is 12.2. The van der Waals surface area contributed by atoms with Crippen molar-refractivity contribution in [3.05, 3.63) is 59.2 Å². The van der Waals surface area contributed by atoms with Crippen LogP contribution in [-0.4, -0.2) is 13.6 Å². The van der Waals surface area contributed by atoms with Crippen molar-refractivity contribution in [3.63, 3.8) is 0 Å². The summed E-state index contributed by atoms with van der Waals surface area (Å²) in [7, 11) is -3.83. The summed E-state index contributed by atoms with van der Waals surface area (Å²) in [4.78, 5) is 7.92. The Morgan fingerprint density at radius 3 is 2.46 bits per heavy atom. The highest BCUT2D eigenvalue weighted by Gasteiger charge is 2.34. The zero-order chi connectivity index (χ0) is 18.9. The summed E-state index contributed by atoms with van der Waals surface area (Å²) in [5.41, 5.74) is 0.465. The van der Waals surface area contributed by atoms with E-state index in [1.807, 2.05) is 20.8 Å². The fourth-order valence-corrected chi connectivity index (χ4v) is 3.65. The predicted molar refractivity (Wildman–Crippen MR) is 99.1 cm³/mol. The molecule has 138 valence electrons. The molecular formula is C18H19ClN2O4S. The fraction of sp³-hybridized carbons (Fsp3) is 0.278. The lowest BCUT2D eigenvalue weighted by Crippen LogP contribution is -2.32. The molecule has 0 saturated carbocycles. The summed E-state index contributed by atoms with van der Waals surface area (Å²) in [5, 5.41) is 5.14. The molecule has 2 aromatic carbocycles. The second-order valence-corrected chi connectivity index (χ2v) is 9.00. The third-order valence-corrected chi connectivity index (χ3v) is 5.36. The minimum absolute atomic E-state index is 0.107. The Bertz CT molecular complexity index is 1010. The number of hydrogen-bond donors (Lipinski definition) is 1. The van der Waals surface area contributed by atoms with Gasteiger partial charge in [0.2, 0.25) is 0 Å². The quantitative estimate of drug-likeness (QED) is 0.645. The maximum atomic E-state index is 12.5. The van der Waals surface area contributed by atoms with Crippen molar-refractivity contribution in [2.24, 2.45) is 5.41 Å². The van der Waals surface area contributed by atoms with Gasteiger partial charge in [-0.2, -0.15) is 0 Å². The number of halogens is 1. The Labute approximate surface area is 157 Å². The molecule has 3 aromatic rings. The van der Waals surface area contributed by atoms with Crippen LogP contribution in [0.5, 0.6) is 0 Å². The van der Waals surface area contributed by atoms with Crippen LogP contribution in [0.1, 0.15) is 32.6 Å². The smallest absolute Gasteiger partial charge is 0.262 e. The van der Waals surface area contributed by atoms with E-state index in [2.05, 4.69) is 10.0 Å². The number of nitrogens with one attached hydrogen (secondary N) is 1. The van der Waals surface area contributed by atoms with Crippen molar-refractivity contribution in [2.45, 2.75) is 31.8 Å². The van der Waals surface area contributed by atoms with Crippen LogP contribution in [0.3, 0.4) is 0 Å². The third kappa shape index (κ3) is 3.76. The topological polar surface area (TPSA) is 81.4 Å². The monoisotopic (exact) mass is 394 g/mol. The number of benzene rings is 2. The molecule has 0 amide bonds. The molecule has 1 aromatic heterocycles. The zero-order valence-electron chi connectivity index (χ0n) is 14.6. The van der Waals surface area contributed by atoms with Crippen LogP contribution in [-0.2, 0) is 14.9 Å². The number of rotatable bonds is 5. The standard InChI is InChI=1S/C18H19ClN2O4S/c1-18(2,3)17(16-15-13(19)10-7-11-14(15)24-20-16)25-21-26(22,23)12-8-5-4-6-9-12/h4-11,17,21H,1-3H3. The normalized spacial score (nSPS) is 13.8. The van der Waals surface area contributed by atoms with Gasteiger partial charge in [0.1, 0.15) is 11.8 Å². The Balaban J connectivity index is 1.95. The molecule has 1 heterocycles. The van der Waals surface area contributed by atoms with E-state index >= 15 is 0 Å². The summed E-state index contributed by atoms with van der Waals surface area (Å²) in [6.45, 7) is 5.73. The number of sulfonamides is 1. The molecule has 0 spiro atoms. The first kappa shape index (κ1) is 18.8. The second-order valence-electron chi connectivity index (χ2n) is 6.94. The molecule has 0 aliphatic rings. The molecule has 0 aliphatic carbocycles. The molecule has 0 saturated heterocycles. The molecule has 26 heavy (non-hydrogen) atoms. The first-order valence-corrected chi connectivity index (χ1v) is 9.82. The summed E-state index contributed by atoms with van der Waals surface area (Å²) < 4.78 is 30.2. The van der Waals surface area contributed by atoms with E-state index in [-0.39, 0.29) is 4.90 Å². The zero-order valence-corrected chi connectivity index (χ0v) is 16.1. The molecule has 0 radical (unpaired) electrons. The average molecular weight is 395 g/mol. The van der Waals surface area contributed by atoms with Gasteiger partial charge in [-0.15, -0.1) is 0 Å². The molecule has 0 aliphatic heterocycles. The molecule has 1 unspecified atom stereocenters. The SMILES string of the molecule is CC(C)(C)C(ONS(=O)(=O)c1ccccc1)c1noc2cccc(Cl)c12. The van der Waals surface area contributed by atoms with Gasteiger partial charge in [-0.1, -0.05) is 66.7 Å². The first-order valence-electron chi connectivity index (χ1n) is 7.96. The van der Waals surface area contributed by atoms with E-state index in [0.29, 0.717) is 21.7 Å². The highest BCUT2D eigenvalue weighted by Crippen LogP contribution is 2.40. The maximum Gasteiger partial charge on any atom is 0.262 e. The van der Waals surface area contributed by atoms with Gasteiger partial charge >= 0.3 is 0 Å². The number of nitrogens with zero attached hydrogens (tertiary/aromatic N) is 1. The lowest BCUT2D eigenvalue weighted by Gasteiger charge is -2.28. The van der Waals surface area contributed by atoms with Crippen molar-refractivity contribution in [1.29, 1.82) is 0 Å². The minimum Gasteiger partial charge on any atom is -0.356 e. The molecule has 1 atom stereocenters. The van der Waals surface area contributed by atoms with Gasteiger partial charge in [0.15, 0.2) is 5.58 Å². The van der Waals surface area contributed by atoms with E-state index in [1.165, 1.54) is 12.1 Å². The fourth-order valence-electron chi connectivity index (χ4n) is 2.55. The Morgan fingerprint density at radius 2 is 1.81 bits per heavy atom. The molecule has 3 rings (SSSR count). The average Bonchev–Trinajstić information content (AvgIpc) is 3.00. The summed E-state index contributed by atoms with van der Waals surface area (Å²) in [6, 6.07) is 13.2. The van der Waals surface area contributed by atoms with Gasteiger partial charge in [-0.3, -0.25) is 4.84 Å². The van der Waals surface area contributed by atoms with E-state index < -0.39 is 21.5 Å². The van der Waals surface area contributed by atoms with E-state index in [9.17, 15) is 8.42 Å². The van der Waals surface area contributed by atoms with Gasteiger partial charge in [0.25, 0.3) is 10.0 Å². The summed E-state index contributed by atoms with van der Waals surface area (Å²) >= 11 is 6.29. The maximum absolute atomic E-state index is 12.5. The molecule has 0 fully saturated rings. The number of aromatic nitrogens is 1. The van der Waals surface area contributed by atoms with Gasteiger partial charge in [0.05, 0.1) is 15.3 Å². The summed E-state index contributed by atoms with van der Waals surface area (Å²) in [5.74, 6) is 0. The van der Waals surface area contributed by atoms with Crippen LogP contribution < -0.4 is 4.89 Å². The van der Waals surface area contributed by atoms with Crippen LogP contribution in [0, 0.1) is 5.41 Å². The Hall–Kier alpha value is -1.93. The van der Waals surface area contributed by atoms with Gasteiger partial charge < -0.3 is 4.52 Å². The van der Waals surface area contributed by atoms with Crippen LogP contribution in [0.25, 0.3) is 11.0 Å². The minimum atomic E-state index is -3.83. The van der Waals surface area contributed by atoms with Gasteiger partial charge in [-0.05, 0) is 29.7 Å². The largest absolute Gasteiger partial charge is 0.356 e. The van der Waals surface area contributed by atoms with Gasteiger partial charge in [0, 0.05) is 0 Å². The molecule has 0 bridgehead atoms. The highest BCUT2D eigenvalue weighted by atomic mass is 35.5. The van der Waals surface area contributed by atoms with Crippen LogP contribution >= 0.6 is 11.6 Å².